The quantitative estimate of drug-likeness (QED) is 0.0787. The molecule has 21 heteroatoms. The van der Waals surface area contributed by atoms with Gasteiger partial charge in [-0.2, -0.15) is 26.3 Å². The van der Waals surface area contributed by atoms with E-state index in [1.54, 1.807) is 135 Å². The van der Waals surface area contributed by atoms with Crippen molar-refractivity contribution in [3.63, 3.8) is 0 Å². The Bertz CT molecular complexity index is 3190. The van der Waals surface area contributed by atoms with E-state index in [0.717, 1.165) is 28.2 Å². The van der Waals surface area contributed by atoms with Crippen molar-refractivity contribution in [2.75, 3.05) is 37.0 Å². The number of fused-ring (bicyclic) bond motifs is 2. The molecule has 6 aromatic carbocycles. The number of nitrogens with zero attached hydrogens (tertiary/aromatic N) is 3. The summed E-state index contributed by atoms with van der Waals surface area (Å²) in [5, 5.41) is 21.2. The molecule has 14 nitrogen and oxygen atoms in total. The van der Waals surface area contributed by atoms with Crippen LogP contribution in [0.15, 0.2) is 133 Å². The second-order valence-electron chi connectivity index (χ2n) is 19.8. The van der Waals surface area contributed by atoms with Gasteiger partial charge in [0.05, 0.1) is 30.0 Å². The van der Waals surface area contributed by atoms with Gasteiger partial charge in [-0.3, -0.25) is 24.1 Å². The van der Waals surface area contributed by atoms with Crippen molar-refractivity contribution < 1.29 is 74.7 Å². The molecule has 424 valence electrons. The Kier molecular flexibility index (Phi) is 19.7. The molecule has 6 aromatic rings. The number of carbonyl (C=O) groups is 5. The Morgan fingerprint density at radius 3 is 1.41 bits per heavy atom. The highest BCUT2D eigenvalue weighted by molar-refractivity contribution is 6.02. The van der Waals surface area contributed by atoms with E-state index in [4.69, 9.17) is 19.3 Å². The number of hydrogen-bond acceptors (Lipinski definition) is 9. The molecule has 2 atom stereocenters. The maximum absolute atomic E-state index is 13.9. The number of carboxylic acids is 2. The van der Waals surface area contributed by atoms with Crippen molar-refractivity contribution in [3.05, 3.63) is 167 Å². The summed E-state index contributed by atoms with van der Waals surface area (Å²) in [5.74, 6) is -2.34. The van der Waals surface area contributed by atoms with Crippen LogP contribution in [0.25, 0.3) is 22.3 Å². The standard InChI is InChI=1S/C32H33F3N2O6.C27H25F3N2O4.ClH/c1-31(2,3)43-30(41)36(4)27(18-28(38)39)29(40)37-15-14-22-17-23(11-13-26(22)37)42-19-20-10-12-24(21-8-6-5-7-9-21)25(16-20)32(33,34)35;1-31-23(15-25(33)34)26(35)32-12-11-19-14-20(8-10-24(19)32)36-16-17-7-9-21(18-5-3-2-4-6-18)22(13-17)27(28,29)30;/h5-13,16-17,27H,14-15,18-19H2,1-4H3,(H,38,39);2-10,13-14,23,31H,11-12,15-16H2,1H3,(H,33,34);1H/t27-;23-;/m11./s1. The predicted octanol–water partition coefficient (Wildman–Crippen LogP) is 11.9. The maximum Gasteiger partial charge on any atom is 0.417 e. The number of rotatable bonds is 16. The van der Waals surface area contributed by atoms with Crippen molar-refractivity contribution in [2.45, 2.75) is 89.7 Å². The van der Waals surface area contributed by atoms with Gasteiger partial charge in [-0.25, -0.2) is 4.79 Å². The highest BCUT2D eigenvalue weighted by Gasteiger charge is 2.39. The number of aliphatic carboxylic acids is 2. The Balaban J connectivity index is 0.000000259. The number of carboxylic acid groups (broad SMARTS) is 2. The van der Waals surface area contributed by atoms with Crippen LogP contribution in [0.2, 0.25) is 0 Å². The zero-order chi connectivity index (χ0) is 57.4. The van der Waals surface area contributed by atoms with Crippen LogP contribution in [0.5, 0.6) is 11.5 Å². The fourth-order valence-corrected chi connectivity index (χ4v) is 9.17. The summed E-state index contributed by atoms with van der Waals surface area (Å²) < 4.78 is 99.9. The Hall–Kier alpha value is -8.10. The van der Waals surface area contributed by atoms with Crippen LogP contribution >= 0.6 is 12.4 Å². The van der Waals surface area contributed by atoms with E-state index in [-0.39, 0.29) is 55.6 Å². The molecule has 0 bridgehead atoms. The molecule has 2 aliphatic heterocycles. The van der Waals surface area contributed by atoms with Crippen LogP contribution in [-0.4, -0.2) is 89.8 Å². The predicted molar refractivity (Wildman–Crippen MR) is 290 cm³/mol. The van der Waals surface area contributed by atoms with Crippen molar-refractivity contribution in [3.8, 4) is 33.8 Å². The van der Waals surface area contributed by atoms with Gasteiger partial charge >= 0.3 is 30.4 Å². The molecular weight excluding hydrogens is 1070 g/mol. The van der Waals surface area contributed by atoms with Crippen LogP contribution in [-0.2, 0) is 62.3 Å². The number of hydrogen-bond donors (Lipinski definition) is 3. The number of halogens is 7. The molecule has 0 radical (unpaired) electrons. The summed E-state index contributed by atoms with van der Waals surface area (Å²) in [4.78, 5) is 65.4. The van der Waals surface area contributed by atoms with Crippen molar-refractivity contribution in [1.29, 1.82) is 0 Å². The second-order valence-corrected chi connectivity index (χ2v) is 19.8. The lowest BCUT2D eigenvalue weighted by Gasteiger charge is -2.31. The second kappa shape index (κ2) is 25.8. The van der Waals surface area contributed by atoms with Crippen molar-refractivity contribution >= 4 is 53.6 Å². The molecule has 0 aliphatic carbocycles. The highest BCUT2D eigenvalue weighted by atomic mass is 35.5. The van der Waals surface area contributed by atoms with Crippen LogP contribution in [0.3, 0.4) is 0 Å². The first-order valence-corrected chi connectivity index (χ1v) is 25.0. The van der Waals surface area contributed by atoms with E-state index >= 15 is 0 Å². The maximum atomic E-state index is 13.9. The third kappa shape index (κ3) is 15.4. The van der Waals surface area contributed by atoms with Gasteiger partial charge < -0.3 is 39.5 Å². The summed E-state index contributed by atoms with van der Waals surface area (Å²) in [5.41, 5.74) is 2.34. The lowest BCUT2D eigenvalue weighted by Crippen LogP contribution is -2.51. The largest absolute Gasteiger partial charge is 0.489 e. The minimum atomic E-state index is -4.55. The van der Waals surface area contributed by atoms with E-state index < -0.39 is 71.5 Å². The summed E-state index contributed by atoms with van der Waals surface area (Å²) in [6.07, 6.45) is -9.82. The number of amides is 3. The fourth-order valence-electron chi connectivity index (χ4n) is 9.17. The van der Waals surface area contributed by atoms with Crippen molar-refractivity contribution in [1.82, 2.24) is 10.2 Å². The molecule has 2 aliphatic rings. The number of ether oxygens (including phenoxy) is 3. The van der Waals surface area contributed by atoms with Gasteiger partial charge in [-0.15, -0.1) is 12.4 Å². The molecule has 0 fully saturated rings. The molecule has 3 N–H and O–H groups in total. The topological polar surface area (TPSA) is 175 Å². The molecule has 0 saturated heterocycles. The average Bonchev–Trinajstić information content (AvgIpc) is 4.14. The number of anilines is 2. The molecule has 2 heterocycles. The van der Waals surface area contributed by atoms with Gasteiger partial charge in [-0.1, -0.05) is 84.9 Å². The number of benzene rings is 6. The first-order valence-electron chi connectivity index (χ1n) is 25.0. The first kappa shape index (κ1) is 61.1. The number of alkyl halides is 6. The van der Waals surface area contributed by atoms with Crippen LogP contribution in [0.4, 0.5) is 42.5 Å². The summed E-state index contributed by atoms with van der Waals surface area (Å²) in [6, 6.07) is 33.0. The van der Waals surface area contributed by atoms with Crippen LogP contribution < -0.4 is 24.6 Å². The average molecular weight is 1130 g/mol. The third-order valence-corrected chi connectivity index (χ3v) is 13.0. The molecule has 0 unspecified atom stereocenters. The molecule has 80 heavy (non-hydrogen) atoms. The molecule has 0 aromatic heterocycles. The third-order valence-electron chi connectivity index (χ3n) is 13.0. The SMILES string of the molecule is CN(C(=O)OC(C)(C)C)[C@H](CC(=O)O)C(=O)N1CCc2cc(OCc3ccc(-c4ccccc4)c(C(F)(F)F)c3)ccc21.CN[C@H](CC(=O)O)C(=O)N1CCc2cc(OCc3ccc(-c4ccccc4)c(C(F)(F)F)c3)ccc21.Cl. The molecule has 0 spiro atoms. The zero-order valence-electron chi connectivity index (χ0n) is 44.2. The van der Waals surface area contributed by atoms with E-state index in [0.29, 0.717) is 64.5 Å². The Morgan fingerprint density at radius 1 is 0.600 bits per heavy atom. The van der Waals surface area contributed by atoms with Gasteiger partial charge in [-0.05, 0) is 134 Å². The first-order chi connectivity index (χ1) is 37.3. The van der Waals surface area contributed by atoms with E-state index in [1.165, 1.54) is 31.1 Å². The van der Waals surface area contributed by atoms with Crippen molar-refractivity contribution in [2.24, 2.45) is 0 Å². The minimum absolute atomic E-state index is 0. The monoisotopic (exact) mass is 1130 g/mol. The Morgan fingerprint density at radius 2 is 1.02 bits per heavy atom. The smallest absolute Gasteiger partial charge is 0.417 e. The lowest BCUT2D eigenvalue weighted by atomic mass is 9.97. The number of carbonyl (C=O) groups excluding carboxylic acids is 3. The van der Waals surface area contributed by atoms with Gasteiger partial charge in [0.25, 0.3) is 5.91 Å². The summed E-state index contributed by atoms with van der Waals surface area (Å²) >= 11 is 0. The normalized spacial score (nSPS) is 13.6. The number of likely N-dealkylation sites (N-methyl/N-ethyl adjacent to an activating group) is 2. The van der Waals surface area contributed by atoms with Gasteiger partial charge in [0, 0.05) is 31.5 Å². The summed E-state index contributed by atoms with van der Waals surface area (Å²) in [7, 11) is 2.86. The number of nitrogens with one attached hydrogen (secondary N) is 1. The molecule has 0 saturated carbocycles. The van der Waals surface area contributed by atoms with E-state index in [9.17, 15) is 55.4 Å². The van der Waals surface area contributed by atoms with E-state index in [1.807, 2.05) is 0 Å². The van der Waals surface area contributed by atoms with E-state index in [2.05, 4.69) is 5.32 Å². The van der Waals surface area contributed by atoms with Gasteiger partial charge in [0.15, 0.2) is 0 Å². The van der Waals surface area contributed by atoms with Gasteiger partial charge in [0.1, 0.15) is 36.4 Å². The molecule has 3 amide bonds. The lowest BCUT2D eigenvalue weighted by molar-refractivity contribution is -0.141. The minimum Gasteiger partial charge on any atom is -0.489 e. The molecular formula is C59H59ClF6N4O10. The summed E-state index contributed by atoms with van der Waals surface area (Å²) in [6.45, 7) is 5.49. The Labute approximate surface area is 464 Å². The van der Waals surface area contributed by atoms with Crippen LogP contribution in [0, 0.1) is 0 Å². The highest BCUT2D eigenvalue weighted by Crippen LogP contribution is 2.40. The zero-order valence-corrected chi connectivity index (χ0v) is 45.0. The fraction of sp³-hybridized carbons (Fsp3) is 0.305. The van der Waals surface area contributed by atoms with Crippen LogP contribution in [0.1, 0.15) is 67.0 Å². The molecule has 8 rings (SSSR count). The van der Waals surface area contributed by atoms with Gasteiger partial charge in [0.2, 0.25) is 5.91 Å².